The Bertz CT molecular complexity index is 735. The molecule has 0 heterocycles. The molecule has 0 atom stereocenters. The smallest absolute Gasteiger partial charge is 0.412 e. The van der Waals surface area contributed by atoms with Gasteiger partial charge in [-0.1, -0.05) is 30.3 Å². The highest BCUT2D eigenvalue weighted by molar-refractivity contribution is 5.93. The van der Waals surface area contributed by atoms with Crippen molar-refractivity contribution in [3.05, 3.63) is 58.6 Å². The fourth-order valence-electron chi connectivity index (χ4n) is 2.10. The van der Waals surface area contributed by atoms with E-state index in [4.69, 9.17) is 4.74 Å². The number of anilines is 1. The minimum absolute atomic E-state index is 0.0223. The quantitative estimate of drug-likeness (QED) is 0.662. The molecule has 0 saturated carbocycles. The van der Waals surface area contributed by atoms with Gasteiger partial charge in [0.25, 0.3) is 5.69 Å². The molecule has 2 rings (SSSR count). The maximum atomic E-state index is 12.0. The molecule has 6 nitrogen and oxygen atoms in total. The number of nitro groups is 1. The average molecular weight is 314 g/mol. The van der Waals surface area contributed by atoms with Crippen LogP contribution in [0.1, 0.15) is 20.8 Å². The third-order valence-electron chi connectivity index (χ3n) is 2.95. The molecule has 0 aromatic heterocycles. The number of para-hydroxylation sites is 2. The number of rotatable bonds is 3. The molecular formula is C17H18N2O4. The van der Waals surface area contributed by atoms with Crippen molar-refractivity contribution in [2.24, 2.45) is 0 Å². The Morgan fingerprint density at radius 1 is 1.04 bits per heavy atom. The average Bonchev–Trinajstić information content (AvgIpc) is 2.45. The molecule has 23 heavy (non-hydrogen) atoms. The summed E-state index contributed by atoms with van der Waals surface area (Å²) in [5, 5.41) is 13.9. The van der Waals surface area contributed by atoms with Crippen LogP contribution >= 0.6 is 0 Å². The summed E-state index contributed by atoms with van der Waals surface area (Å²) in [6, 6.07) is 13.3. The molecule has 1 amide bonds. The monoisotopic (exact) mass is 314 g/mol. The molecule has 6 heteroatoms. The van der Waals surface area contributed by atoms with E-state index in [1.54, 1.807) is 63.2 Å². The summed E-state index contributed by atoms with van der Waals surface area (Å²) in [5.41, 5.74) is 0.800. The van der Waals surface area contributed by atoms with Crippen molar-refractivity contribution in [1.82, 2.24) is 0 Å². The molecule has 0 aliphatic carbocycles. The van der Waals surface area contributed by atoms with Gasteiger partial charge in [0.15, 0.2) is 0 Å². The van der Waals surface area contributed by atoms with Crippen LogP contribution in [0.15, 0.2) is 48.5 Å². The van der Waals surface area contributed by atoms with Gasteiger partial charge in [-0.25, -0.2) is 4.79 Å². The second-order valence-electron chi connectivity index (χ2n) is 5.95. The second kappa shape index (κ2) is 6.48. The lowest BCUT2D eigenvalue weighted by Gasteiger charge is -2.20. The van der Waals surface area contributed by atoms with Crippen molar-refractivity contribution >= 4 is 17.5 Å². The van der Waals surface area contributed by atoms with E-state index >= 15 is 0 Å². The first-order valence-electron chi connectivity index (χ1n) is 7.11. The van der Waals surface area contributed by atoms with E-state index in [2.05, 4.69) is 5.32 Å². The zero-order valence-electron chi connectivity index (χ0n) is 13.2. The topological polar surface area (TPSA) is 81.5 Å². The Morgan fingerprint density at radius 2 is 1.61 bits per heavy atom. The Balaban J connectivity index is 2.39. The Morgan fingerprint density at radius 3 is 2.22 bits per heavy atom. The highest BCUT2D eigenvalue weighted by Gasteiger charge is 2.20. The van der Waals surface area contributed by atoms with Crippen LogP contribution in [0, 0.1) is 10.1 Å². The van der Waals surface area contributed by atoms with Gasteiger partial charge >= 0.3 is 6.09 Å². The molecule has 0 unspecified atom stereocenters. The van der Waals surface area contributed by atoms with Crippen molar-refractivity contribution in [2.45, 2.75) is 26.4 Å². The van der Waals surface area contributed by atoms with Gasteiger partial charge in [0.05, 0.1) is 16.2 Å². The predicted molar refractivity (Wildman–Crippen MR) is 88.4 cm³/mol. The Hall–Kier alpha value is -2.89. The molecule has 0 radical (unpaired) electrons. The van der Waals surface area contributed by atoms with Gasteiger partial charge in [-0.05, 0) is 32.9 Å². The molecule has 0 spiro atoms. The largest absolute Gasteiger partial charge is 0.444 e. The second-order valence-corrected chi connectivity index (χ2v) is 5.95. The van der Waals surface area contributed by atoms with Crippen LogP contribution in [0.2, 0.25) is 0 Å². The van der Waals surface area contributed by atoms with Gasteiger partial charge in [-0.2, -0.15) is 0 Å². The molecule has 120 valence electrons. The van der Waals surface area contributed by atoms with E-state index < -0.39 is 16.6 Å². The summed E-state index contributed by atoms with van der Waals surface area (Å²) in [7, 11) is 0. The molecule has 0 aliphatic heterocycles. The number of carbonyl (C=O) groups is 1. The SMILES string of the molecule is CC(C)(C)OC(=O)Nc1ccccc1-c1ccccc1[N+](=O)[O-]. The first-order chi connectivity index (χ1) is 10.8. The van der Waals surface area contributed by atoms with Gasteiger partial charge in [0.2, 0.25) is 0 Å². The molecule has 0 aliphatic rings. The summed E-state index contributed by atoms with van der Waals surface area (Å²) >= 11 is 0. The fraction of sp³-hybridized carbons (Fsp3) is 0.235. The van der Waals surface area contributed by atoms with Gasteiger partial charge in [0, 0.05) is 11.6 Å². The van der Waals surface area contributed by atoms with E-state index in [1.165, 1.54) is 6.07 Å². The Labute approximate surface area is 134 Å². The van der Waals surface area contributed by atoms with Crippen LogP contribution in [0.4, 0.5) is 16.2 Å². The number of ether oxygens (including phenoxy) is 1. The summed E-state index contributed by atoms with van der Waals surface area (Å²) in [6.07, 6.45) is -0.608. The standard InChI is InChI=1S/C17H18N2O4/c1-17(2,3)23-16(20)18-14-10-6-4-8-12(14)13-9-5-7-11-15(13)19(21)22/h4-11H,1-3H3,(H,18,20). The van der Waals surface area contributed by atoms with E-state index in [1.807, 2.05) is 0 Å². The third-order valence-corrected chi connectivity index (χ3v) is 2.95. The van der Waals surface area contributed by atoms with Crippen molar-refractivity contribution in [2.75, 3.05) is 5.32 Å². The molecule has 2 aromatic rings. The number of amides is 1. The van der Waals surface area contributed by atoms with Gasteiger partial charge < -0.3 is 4.74 Å². The summed E-state index contributed by atoms with van der Waals surface area (Å²) in [5.74, 6) is 0. The zero-order valence-corrected chi connectivity index (χ0v) is 13.2. The van der Waals surface area contributed by atoms with E-state index in [0.29, 0.717) is 16.8 Å². The third kappa shape index (κ3) is 4.29. The van der Waals surface area contributed by atoms with Crippen LogP contribution in [0.3, 0.4) is 0 Å². The van der Waals surface area contributed by atoms with Crippen molar-refractivity contribution in [3.8, 4) is 11.1 Å². The normalized spacial score (nSPS) is 10.9. The molecule has 0 bridgehead atoms. The van der Waals surface area contributed by atoms with Crippen LogP contribution in [0.5, 0.6) is 0 Å². The minimum atomic E-state index is -0.627. The van der Waals surface area contributed by atoms with Crippen LogP contribution < -0.4 is 5.32 Å². The van der Waals surface area contributed by atoms with Gasteiger partial charge in [-0.3, -0.25) is 15.4 Å². The van der Waals surface area contributed by atoms with Crippen LogP contribution in [0.25, 0.3) is 11.1 Å². The lowest BCUT2D eigenvalue weighted by atomic mass is 10.0. The van der Waals surface area contributed by atoms with E-state index in [0.717, 1.165) is 0 Å². The van der Waals surface area contributed by atoms with Crippen molar-refractivity contribution < 1.29 is 14.5 Å². The highest BCUT2D eigenvalue weighted by atomic mass is 16.6. The first-order valence-corrected chi connectivity index (χ1v) is 7.11. The highest BCUT2D eigenvalue weighted by Crippen LogP contribution is 2.34. The zero-order chi connectivity index (χ0) is 17.0. The minimum Gasteiger partial charge on any atom is -0.444 e. The van der Waals surface area contributed by atoms with Gasteiger partial charge in [0.1, 0.15) is 5.60 Å². The fourth-order valence-corrected chi connectivity index (χ4v) is 2.10. The number of hydrogen-bond acceptors (Lipinski definition) is 4. The number of nitrogens with one attached hydrogen (secondary N) is 1. The molecule has 1 N–H and O–H groups in total. The van der Waals surface area contributed by atoms with Gasteiger partial charge in [-0.15, -0.1) is 0 Å². The van der Waals surface area contributed by atoms with Crippen LogP contribution in [-0.4, -0.2) is 16.6 Å². The van der Waals surface area contributed by atoms with E-state index in [9.17, 15) is 14.9 Å². The number of hydrogen-bond donors (Lipinski definition) is 1. The lowest BCUT2D eigenvalue weighted by molar-refractivity contribution is -0.384. The van der Waals surface area contributed by atoms with Crippen LogP contribution in [-0.2, 0) is 4.74 Å². The number of benzene rings is 2. The maximum Gasteiger partial charge on any atom is 0.412 e. The number of nitrogens with zero attached hydrogens (tertiary/aromatic N) is 1. The molecule has 0 saturated heterocycles. The summed E-state index contributed by atoms with van der Waals surface area (Å²) in [4.78, 5) is 22.7. The number of nitro benzene ring substituents is 1. The maximum absolute atomic E-state index is 12.0. The summed E-state index contributed by atoms with van der Waals surface area (Å²) in [6.45, 7) is 5.29. The summed E-state index contributed by atoms with van der Waals surface area (Å²) < 4.78 is 5.23. The number of carbonyl (C=O) groups excluding carboxylic acids is 1. The van der Waals surface area contributed by atoms with E-state index in [-0.39, 0.29) is 5.69 Å². The first kappa shape index (κ1) is 16.5. The van der Waals surface area contributed by atoms with Crippen molar-refractivity contribution in [1.29, 1.82) is 0 Å². The van der Waals surface area contributed by atoms with Crippen molar-refractivity contribution in [3.63, 3.8) is 0 Å². The molecule has 2 aromatic carbocycles. The Kier molecular flexibility index (Phi) is 4.64. The molecular weight excluding hydrogens is 296 g/mol. The predicted octanol–water partition coefficient (Wildman–Crippen LogP) is 4.61. The molecule has 0 fully saturated rings. The lowest BCUT2D eigenvalue weighted by Crippen LogP contribution is -2.27.